The summed E-state index contributed by atoms with van der Waals surface area (Å²) in [4.78, 5) is 10.4. The van der Waals surface area contributed by atoms with E-state index in [0.29, 0.717) is 5.76 Å². The van der Waals surface area contributed by atoms with Crippen LogP contribution in [0.15, 0.2) is 22.6 Å². The zero-order valence-electron chi connectivity index (χ0n) is 13.9. The van der Waals surface area contributed by atoms with Gasteiger partial charge in [-0.15, -0.1) is 0 Å². The standard InChI is InChI=1S/C19H30O3/c1-2-3-4-5-6-7-8-9-10-11-12-17-13-14-18(22-17)15-16-19(20)21/h13-16H,2-12H2,1H3,(H,20,21). The zero-order chi connectivity index (χ0) is 16.0. The third-order valence-corrected chi connectivity index (χ3v) is 3.85. The van der Waals surface area contributed by atoms with E-state index >= 15 is 0 Å². The van der Waals surface area contributed by atoms with Crippen molar-refractivity contribution < 1.29 is 14.3 Å². The molecule has 22 heavy (non-hydrogen) atoms. The summed E-state index contributed by atoms with van der Waals surface area (Å²) >= 11 is 0. The van der Waals surface area contributed by atoms with Crippen LogP contribution in [0.3, 0.4) is 0 Å². The van der Waals surface area contributed by atoms with Crippen LogP contribution in [0.1, 0.15) is 82.7 Å². The van der Waals surface area contributed by atoms with Gasteiger partial charge in [0.2, 0.25) is 0 Å². The first-order chi connectivity index (χ1) is 10.7. The summed E-state index contributed by atoms with van der Waals surface area (Å²) in [6.07, 6.45) is 16.8. The monoisotopic (exact) mass is 306 g/mol. The van der Waals surface area contributed by atoms with E-state index in [1.807, 2.05) is 12.1 Å². The second-order valence-electron chi connectivity index (χ2n) is 5.91. The lowest BCUT2D eigenvalue weighted by Crippen LogP contribution is -1.85. The molecule has 1 aromatic heterocycles. The molecule has 0 fully saturated rings. The highest BCUT2D eigenvalue weighted by Gasteiger charge is 2.00. The third-order valence-electron chi connectivity index (χ3n) is 3.85. The minimum Gasteiger partial charge on any atom is -0.478 e. The van der Waals surface area contributed by atoms with Crippen molar-refractivity contribution in [2.24, 2.45) is 0 Å². The lowest BCUT2D eigenvalue weighted by molar-refractivity contribution is -0.131. The minimum atomic E-state index is -0.951. The molecule has 0 amide bonds. The molecular formula is C19H30O3. The molecule has 1 heterocycles. The number of aliphatic carboxylic acids is 1. The lowest BCUT2D eigenvalue weighted by Gasteiger charge is -2.01. The van der Waals surface area contributed by atoms with E-state index in [2.05, 4.69) is 6.92 Å². The molecule has 0 spiro atoms. The van der Waals surface area contributed by atoms with Crippen molar-refractivity contribution in [3.05, 3.63) is 29.7 Å². The molecule has 0 atom stereocenters. The van der Waals surface area contributed by atoms with Gasteiger partial charge in [0.25, 0.3) is 0 Å². The predicted molar refractivity (Wildman–Crippen MR) is 90.9 cm³/mol. The maximum atomic E-state index is 10.4. The number of unbranched alkanes of at least 4 members (excludes halogenated alkanes) is 9. The van der Waals surface area contributed by atoms with Crippen LogP contribution in [0.5, 0.6) is 0 Å². The molecule has 1 rings (SSSR count). The molecule has 3 nitrogen and oxygen atoms in total. The number of carboxylic acid groups (broad SMARTS) is 1. The summed E-state index contributed by atoms with van der Waals surface area (Å²) < 4.78 is 5.57. The van der Waals surface area contributed by atoms with Crippen LogP contribution >= 0.6 is 0 Å². The molecule has 1 N–H and O–H groups in total. The number of rotatable bonds is 13. The third kappa shape index (κ3) is 9.43. The molecule has 0 aromatic carbocycles. The number of carbonyl (C=O) groups is 1. The predicted octanol–water partition coefficient (Wildman–Crippen LogP) is 5.84. The Hall–Kier alpha value is -1.51. The summed E-state index contributed by atoms with van der Waals surface area (Å²) in [5.74, 6) is 0.613. The van der Waals surface area contributed by atoms with Crippen molar-refractivity contribution in [2.45, 2.75) is 77.6 Å². The number of aryl methyl sites for hydroxylation is 1. The summed E-state index contributed by atoms with van der Waals surface area (Å²) in [7, 11) is 0. The highest BCUT2D eigenvalue weighted by Crippen LogP contribution is 2.15. The average Bonchev–Trinajstić information content (AvgIpc) is 2.95. The summed E-state index contributed by atoms with van der Waals surface area (Å²) in [6, 6.07) is 3.76. The van der Waals surface area contributed by atoms with E-state index in [1.54, 1.807) is 0 Å². The van der Waals surface area contributed by atoms with Crippen molar-refractivity contribution in [1.82, 2.24) is 0 Å². The van der Waals surface area contributed by atoms with E-state index in [4.69, 9.17) is 9.52 Å². The normalized spacial score (nSPS) is 11.3. The van der Waals surface area contributed by atoms with Crippen LogP contribution in [0, 0.1) is 0 Å². The van der Waals surface area contributed by atoms with Gasteiger partial charge in [0, 0.05) is 12.5 Å². The summed E-state index contributed by atoms with van der Waals surface area (Å²) in [6.45, 7) is 2.25. The summed E-state index contributed by atoms with van der Waals surface area (Å²) in [5.41, 5.74) is 0. The van der Waals surface area contributed by atoms with Gasteiger partial charge in [-0.3, -0.25) is 0 Å². The molecule has 1 aromatic rings. The Balaban J connectivity index is 2.00. The molecule has 0 saturated heterocycles. The Kier molecular flexibility index (Phi) is 10.2. The molecule has 0 radical (unpaired) electrons. The second-order valence-corrected chi connectivity index (χ2v) is 5.91. The Morgan fingerprint density at radius 2 is 1.59 bits per heavy atom. The fraction of sp³-hybridized carbons (Fsp3) is 0.632. The Morgan fingerprint density at radius 1 is 1.00 bits per heavy atom. The van der Waals surface area contributed by atoms with Gasteiger partial charge in [0.05, 0.1) is 0 Å². The maximum Gasteiger partial charge on any atom is 0.328 e. The van der Waals surface area contributed by atoms with Gasteiger partial charge in [-0.2, -0.15) is 0 Å². The Morgan fingerprint density at radius 3 is 2.18 bits per heavy atom. The van der Waals surface area contributed by atoms with Crippen LogP contribution in [0.4, 0.5) is 0 Å². The lowest BCUT2D eigenvalue weighted by atomic mass is 10.1. The first-order valence-electron chi connectivity index (χ1n) is 8.72. The fourth-order valence-corrected chi connectivity index (χ4v) is 2.56. The first-order valence-corrected chi connectivity index (χ1v) is 8.72. The van der Waals surface area contributed by atoms with E-state index in [-0.39, 0.29) is 0 Å². The van der Waals surface area contributed by atoms with Crippen molar-refractivity contribution in [3.63, 3.8) is 0 Å². The molecule has 3 heteroatoms. The molecule has 0 aliphatic heterocycles. The van der Waals surface area contributed by atoms with Gasteiger partial charge in [-0.05, 0) is 24.6 Å². The van der Waals surface area contributed by atoms with Crippen molar-refractivity contribution in [3.8, 4) is 0 Å². The summed E-state index contributed by atoms with van der Waals surface area (Å²) in [5, 5.41) is 8.56. The zero-order valence-corrected chi connectivity index (χ0v) is 13.9. The largest absolute Gasteiger partial charge is 0.478 e. The van der Waals surface area contributed by atoms with Crippen LogP contribution in [-0.2, 0) is 11.2 Å². The Labute approximate surface area is 134 Å². The quantitative estimate of drug-likeness (QED) is 0.368. The first kappa shape index (κ1) is 18.5. The number of furan rings is 1. The Bertz CT molecular complexity index is 432. The van der Waals surface area contributed by atoms with Crippen LogP contribution in [0.2, 0.25) is 0 Å². The molecule has 0 aliphatic carbocycles. The minimum absolute atomic E-state index is 0.615. The van der Waals surface area contributed by atoms with Gasteiger partial charge in [-0.1, -0.05) is 64.7 Å². The highest BCUT2D eigenvalue weighted by atomic mass is 16.4. The molecule has 124 valence electrons. The van der Waals surface area contributed by atoms with Crippen molar-refractivity contribution >= 4 is 12.0 Å². The van der Waals surface area contributed by atoms with Crippen LogP contribution < -0.4 is 0 Å². The second kappa shape index (κ2) is 12.1. The van der Waals surface area contributed by atoms with E-state index in [0.717, 1.165) is 24.7 Å². The average molecular weight is 306 g/mol. The molecule has 0 saturated carbocycles. The molecule has 0 unspecified atom stereocenters. The van der Waals surface area contributed by atoms with Gasteiger partial charge in [0.15, 0.2) is 0 Å². The number of hydrogen-bond acceptors (Lipinski definition) is 2. The van der Waals surface area contributed by atoms with Crippen LogP contribution in [-0.4, -0.2) is 11.1 Å². The smallest absolute Gasteiger partial charge is 0.328 e. The van der Waals surface area contributed by atoms with Gasteiger partial charge >= 0.3 is 5.97 Å². The topological polar surface area (TPSA) is 50.4 Å². The van der Waals surface area contributed by atoms with Crippen molar-refractivity contribution in [1.29, 1.82) is 0 Å². The number of hydrogen-bond donors (Lipinski definition) is 1. The number of carboxylic acids is 1. The van der Waals surface area contributed by atoms with Crippen LogP contribution in [0.25, 0.3) is 6.08 Å². The highest BCUT2D eigenvalue weighted by molar-refractivity contribution is 5.84. The van der Waals surface area contributed by atoms with E-state index in [1.165, 1.54) is 63.9 Å². The molecule has 0 aliphatic rings. The van der Waals surface area contributed by atoms with Gasteiger partial charge < -0.3 is 9.52 Å². The molecule has 0 bridgehead atoms. The van der Waals surface area contributed by atoms with E-state index < -0.39 is 5.97 Å². The maximum absolute atomic E-state index is 10.4. The van der Waals surface area contributed by atoms with Gasteiger partial charge in [-0.25, -0.2) is 4.79 Å². The SMILES string of the molecule is CCCCCCCCCCCCc1ccc(C=CC(=O)O)o1. The molecular weight excluding hydrogens is 276 g/mol. The fourth-order valence-electron chi connectivity index (χ4n) is 2.56. The van der Waals surface area contributed by atoms with Crippen molar-refractivity contribution in [2.75, 3.05) is 0 Å². The van der Waals surface area contributed by atoms with Gasteiger partial charge in [0.1, 0.15) is 11.5 Å². The van der Waals surface area contributed by atoms with E-state index in [9.17, 15) is 4.79 Å².